The number of ether oxygens (including phenoxy) is 1. The van der Waals surface area contributed by atoms with E-state index in [-0.39, 0.29) is 30.6 Å². The molecule has 1 aromatic rings. The predicted molar refractivity (Wildman–Crippen MR) is 96.5 cm³/mol. The number of nitrogens with one attached hydrogen (secondary N) is 1. The molecule has 0 spiro atoms. The number of carbonyl (C=O) groups is 1. The Morgan fingerprint density at radius 1 is 1.18 bits per heavy atom. The van der Waals surface area contributed by atoms with Crippen LogP contribution in [0.1, 0.15) is 44.1 Å². The van der Waals surface area contributed by atoms with Crippen LogP contribution in [0, 0.1) is 11.3 Å². The Kier molecular flexibility index (Phi) is 6.45. The maximum atomic E-state index is 12.6. The van der Waals surface area contributed by atoms with Crippen LogP contribution in [-0.4, -0.2) is 42.1 Å². The summed E-state index contributed by atoms with van der Waals surface area (Å²) in [6.07, 6.45) is 0.453. The lowest BCUT2D eigenvalue weighted by Crippen LogP contribution is -2.44. The van der Waals surface area contributed by atoms with Gasteiger partial charge in [0.05, 0.1) is 24.3 Å². The summed E-state index contributed by atoms with van der Waals surface area (Å²) in [5.41, 5.74) is -0.686. The van der Waals surface area contributed by atoms with Crippen molar-refractivity contribution in [3.8, 4) is 11.8 Å². The number of alkyl halides is 3. The SMILES string of the molecule is N#CC1CCCN1C(=O)CNC1CCC(Oc2ccc(C(F)(F)F)cc2)CC1. The van der Waals surface area contributed by atoms with Crippen molar-refractivity contribution in [2.24, 2.45) is 0 Å². The summed E-state index contributed by atoms with van der Waals surface area (Å²) in [5.74, 6) is 0.406. The van der Waals surface area contributed by atoms with Crippen molar-refractivity contribution in [3.05, 3.63) is 29.8 Å². The van der Waals surface area contributed by atoms with Crippen LogP contribution in [0.15, 0.2) is 24.3 Å². The van der Waals surface area contributed by atoms with Gasteiger partial charge in [0, 0.05) is 12.6 Å². The zero-order valence-corrected chi connectivity index (χ0v) is 15.5. The first-order chi connectivity index (χ1) is 13.4. The Bertz CT molecular complexity index is 707. The van der Waals surface area contributed by atoms with E-state index in [2.05, 4.69) is 11.4 Å². The van der Waals surface area contributed by atoms with E-state index in [0.29, 0.717) is 12.3 Å². The van der Waals surface area contributed by atoms with Gasteiger partial charge < -0.3 is 15.0 Å². The van der Waals surface area contributed by atoms with Crippen molar-refractivity contribution >= 4 is 5.91 Å². The fourth-order valence-electron chi connectivity index (χ4n) is 3.83. The molecule has 0 aromatic heterocycles. The number of amides is 1. The summed E-state index contributed by atoms with van der Waals surface area (Å²) < 4.78 is 43.6. The Hall–Kier alpha value is -2.27. The fraction of sp³-hybridized carbons (Fsp3) is 0.600. The first kappa shape index (κ1) is 20.5. The maximum absolute atomic E-state index is 12.6. The lowest BCUT2D eigenvalue weighted by Gasteiger charge is -2.30. The molecule has 8 heteroatoms. The third-order valence-corrected chi connectivity index (χ3v) is 5.42. The summed E-state index contributed by atoms with van der Waals surface area (Å²) in [6, 6.07) is 6.84. The van der Waals surface area contributed by atoms with E-state index in [0.717, 1.165) is 50.7 Å². The van der Waals surface area contributed by atoms with Crippen LogP contribution in [-0.2, 0) is 11.0 Å². The Morgan fingerprint density at radius 2 is 1.86 bits per heavy atom. The van der Waals surface area contributed by atoms with Crippen LogP contribution in [0.5, 0.6) is 5.75 Å². The minimum absolute atomic E-state index is 0.0350. The van der Waals surface area contributed by atoms with Gasteiger partial charge in [-0.25, -0.2) is 0 Å². The molecule has 0 radical (unpaired) electrons. The first-order valence-corrected chi connectivity index (χ1v) is 9.63. The van der Waals surface area contributed by atoms with Gasteiger partial charge in [-0.1, -0.05) is 0 Å². The molecule has 28 heavy (non-hydrogen) atoms. The molecule has 1 heterocycles. The molecule has 2 aliphatic rings. The number of rotatable bonds is 5. The molecule has 0 bridgehead atoms. The van der Waals surface area contributed by atoms with Crippen LogP contribution in [0.25, 0.3) is 0 Å². The molecular formula is C20H24F3N3O2. The zero-order valence-electron chi connectivity index (χ0n) is 15.5. The van der Waals surface area contributed by atoms with Gasteiger partial charge >= 0.3 is 6.18 Å². The van der Waals surface area contributed by atoms with E-state index in [1.165, 1.54) is 12.1 Å². The number of nitriles is 1. The lowest BCUT2D eigenvalue weighted by atomic mass is 9.93. The number of likely N-dealkylation sites (tertiary alicyclic amines) is 1. The van der Waals surface area contributed by atoms with E-state index in [9.17, 15) is 18.0 Å². The molecule has 1 N–H and O–H groups in total. The van der Waals surface area contributed by atoms with Gasteiger partial charge in [0.2, 0.25) is 5.91 Å². The first-order valence-electron chi connectivity index (χ1n) is 9.63. The van der Waals surface area contributed by atoms with Gasteiger partial charge in [-0.2, -0.15) is 18.4 Å². The second-order valence-electron chi connectivity index (χ2n) is 7.37. The van der Waals surface area contributed by atoms with Crippen molar-refractivity contribution in [3.63, 3.8) is 0 Å². The molecule has 1 unspecified atom stereocenters. The molecule has 1 atom stereocenters. The summed E-state index contributed by atoms with van der Waals surface area (Å²) >= 11 is 0. The van der Waals surface area contributed by atoms with E-state index in [1.54, 1.807) is 4.90 Å². The van der Waals surface area contributed by atoms with Crippen molar-refractivity contribution in [1.82, 2.24) is 10.2 Å². The number of benzene rings is 1. The van der Waals surface area contributed by atoms with E-state index in [4.69, 9.17) is 10.00 Å². The smallest absolute Gasteiger partial charge is 0.416 e. The summed E-state index contributed by atoms with van der Waals surface area (Å²) in [5, 5.41) is 12.3. The molecular weight excluding hydrogens is 371 g/mol. The minimum atomic E-state index is -4.35. The van der Waals surface area contributed by atoms with Crippen LogP contribution < -0.4 is 10.1 Å². The van der Waals surface area contributed by atoms with E-state index >= 15 is 0 Å². The highest BCUT2D eigenvalue weighted by Crippen LogP contribution is 2.31. The average molecular weight is 395 g/mol. The third kappa shape index (κ3) is 5.16. The number of carbonyl (C=O) groups excluding carboxylic acids is 1. The second kappa shape index (κ2) is 8.82. The third-order valence-electron chi connectivity index (χ3n) is 5.42. The molecule has 1 saturated heterocycles. The van der Waals surface area contributed by atoms with Gasteiger partial charge in [-0.3, -0.25) is 4.79 Å². The highest BCUT2D eigenvalue weighted by molar-refractivity contribution is 5.79. The molecule has 1 amide bonds. The highest BCUT2D eigenvalue weighted by atomic mass is 19.4. The molecule has 152 valence electrons. The van der Waals surface area contributed by atoms with Crippen LogP contribution in [0.2, 0.25) is 0 Å². The van der Waals surface area contributed by atoms with Gasteiger partial charge in [0.25, 0.3) is 0 Å². The summed E-state index contributed by atoms with van der Waals surface area (Å²) in [7, 11) is 0. The molecule has 2 fully saturated rings. The molecule has 1 aromatic carbocycles. The van der Waals surface area contributed by atoms with E-state index in [1.807, 2.05) is 0 Å². The molecule has 1 saturated carbocycles. The number of hydrogen-bond donors (Lipinski definition) is 1. The van der Waals surface area contributed by atoms with Crippen LogP contribution in [0.3, 0.4) is 0 Å². The number of nitrogens with zero attached hydrogens (tertiary/aromatic N) is 2. The van der Waals surface area contributed by atoms with E-state index < -0.39 is 11.7 Å². The van der Waals surface area contributed by atoms with Gasteiger partial charge in [-0.15, -0.1) is 0 Å². The van der Waals surface area contributed by atoms with Gasteiger partial charge in [0.15, 0.2) is 0 Å². The van der Waals surface area contributed by atoms with Crippen molar-refractivity contribution < 1.29 is 22.7 Å². The predicted octanol–water partition coefficient (Wildman–Crippen LogP) is 3.50. The Labute approximate surface area is 162 Å². The lowest BCUT2D eigenvalue weighted by molar-refractivity contribution is -0.137. The maximum Gasteiger partial charge on any atom is 0.416 e. The average Bonchev–Trinajstić information content (AvgIpc) is 3.16. The molecule has 5 nitrogen and oxygen atoms in total. The van der Waals surface area contributed by atoms with Crippen LogP contribution in [0.4, 0.5) is 13.2 Å². The molecule has 1 aliphatic heterocycles. The number of halogens is 3. The quantitative estimate of drug-likeness (QED) is 0.829. The number of hydrogen-bond acceptors (Lipinski definition) is 4. The largest absolute Gasteiger partial charge is 0.490 e. The fourth-order valence-corrected chi connectivity index (χ4v) is 3.83. The highest BCUT2D eigenvalue weighted by Gasteiger charge is 2.31. The van der Waals surface area contributed by atoms with Crippen molar-refractivity contribution in [2.45, 2.75) is 62.9 Å². The monoisotopic (exact) mass is 395 g/mol. The Balaban J connectivity index is 1.40. The second-order valence-corrected chi connectivity index (χ2v) is 7.37. The molecule has 1 aliphatic carbocycles. The normalized spacial score (nSPS) is 25.4. The Morgan fingerprint density at radius 3 is 2.46 bits per heavy atom. The van der Waals surface area contributed by atoms with Gasteiger partial charge in [-0.05, 0) is 62.8 Å². The summed E-state index contributed by atoms with van der Waals surface area (Å²) in [6.45, 7) is 0.875. The topological polar surface area (TPSA) is 65.4 Å². The summed E-state index contributed by atoms with van der Waals surface area (Å²) in [4.78, 5) is 13.9. The standard InChI is InChI=1S/C20H24F3N3O2/c21-20(22,23)14-3-7-17(8-4-14)28-18-9-5-15(6-10-18)25-13-19(27)26-11-1-2-16(26)12-24/h3-4,7-8,15-16,18,25H,1-2,5-6,9-11,13H2. The van der Waals surface area contributed by atoms with Gasteiger partial charge in [0.1, 0.15) is 11.8 Å². The van der Waals surface area contributed by atoms with Crippen molar-refractivity contribution in [2.75, 3.05) is 13.1 Å². The van der Waals surface area contributed by atoms with Crippen molar-refractivity contribution in [1.29, 1.82) is 5.26 Å². The van der Waals surface area contributed by atoms with Crippen LogP contribution >= 0.6 is 0 Å². The zero-order chi connectivity index (χ0) is 20.1. The minimum Gasteiger partial charge on any atom is -0.490 e. The molecule has 3 rings (SSSR count).